The van der Waals surface area contributed by atoms with E-state index >= 15 is 0 Å². The molecular formula is C2H4KO-. The van der Waals surface area contributed by atoms with Crippen molar-refractivity contribution < 1.29 is 56.5 Å². The van der Waals surface area contributed by atoms with Gasteiger partial charge in [0.25, 0.3) is 0 Å². The van der Waals surface area contributed by atoms with Crippen LogP contribution in [-0.2, 0) is 0 Å². The van der Waals surface area contributed by atoms with E-state index in [1.165, 1.54) is 0 Å². The van der Waals surface area contributed by atoms with Crippen LogP contribution in [0.3, 0.4) is 0 Å². The quantitative estimate of drug-likeness (QED) is 0.217. The van der Waals surface area contributed by atoms with E-state index in [-0.39, 0.29) is 58.0 Å². The van der Waals surface area contributed by atoms with Crippen molar-refractivity contribution in [2.75, 3.05) is 6.61 Å². The molecule has 0 aromatic heterocycles. The molecule has 0 unspecified atom stereocenters. The molecule has 0 N–H and O–H groups in total. The van der Waals surface area contributed by atoms with Gasteiger partial charge in [-0.25, -0.2) is 0 Å². The molecule has 0 saturated carbocycles. The van der Waals surface area contributed by atoms with Crippen molar-refractivity contribution in [3.63, 3.8) is 0 Å². The Morgan fingerprint density at radius 1 is 1.75 bits per heavy atom. The average molecular weight is 83.2 g/mol. The van der Waals surface area contributed by atoms with Crippen LogP contribution < -0.4 is 56.5 Å². The second-order valence-electron chi connectivity index (χ2n) is 0.204. The molecule has 0 heterocycles. The third-order valence-electron chi connectivity index (χ3n) is 0. The summed E-state index contributed by atoms with van der Waals surface area (Å²) in [6.07, 6.45) is 0. The SMILES string of the molecule is [CH2-]C[O-].[K+]. The summed E-state index contributed by atoms with van der Waals surface area (Å²) in [5, 5.41) is 8.82. The van der Waals surface area contributed by atoms with E-state index in [0.29, 0.717) is 0 Å². The van der Waals surface area contributed by atoms with Crippen LogP contribution in [0.2, 0.25) is 0 Å². The number of rotatable bonds is 0. The molecule has 4 heavy (non-hydrogen) atoms. The van der Waals surface area contributed by atoms with E-state index in [1.54, 1.807) is 0 Å². The van der Waals surface area contributed by atoms with Gasteiger partial charge in [-0.15, -0.1) is 0 Å². The molecule has 0 aromatic carbocycles. The van der Waals surface area contributed by atoms with Crippen LogP contribution in [0.25, 0.3) is 0 Å². The minimum Gasteiger partial charge on any atom is -0.878 e. The first-order valence-electron chi connectivity index (χ1n) is 0.789. The molecule has 0 aliphatic rings. The van der Waals surface area contributed by atoms with Gasteiger partial charge in [0, 0.05) is 0 Å². The molecule has 0 aliphatic heterocycles. The van der Waals surface area contributed by atoms with Crippen molar-refractivity contribution in [2.24, 2.45) is 0 Å². The number of hydrogen-bond donors (Lipinski definition) is 0. The van der Waals surface area contributed by atoms with Crippen molar-refractivity contribution in [2.45, 2.75) is 0 Å². The van der Waals surface area contributed by atoms with Gasteiger partial charge in [0.05, 0.1) is 0 Å². The Hall–Kier alpha value is 1.60. The van der Waals surface area contributed by atoms with Crippen LogP contribution in [0.4, 0.5) is 0 Å². The van der Waals surface area contributed by atoms with Crippen LogP contribution in [0, 0.1) is 6.92 Å². The van der Waals surface area contributed by atoms with Crippen molar-refractivity contribution in [1.82, 2.24) is 0 Å². The molecule has 0 bridgehead atoms. The second kappa shape index (κ2) is 8.82. The van der Waals surface area contributed by atoms with Gasteiger partial charge in [-0.1, -0.05) is 0 Å². The molecule has 0 amide bonds. The topological polar surface area (TPSA) is 23.1 Å². The predicted octanol–water partition coefficient (Wildman–Crippen LogP) is -3.82. The molecule has 0 aliphatic carbocycles. The normalized spacial score (nSPS) is 4.50. The molecule has 0 spiro atoms. The van der Waals surface area contributed by atoms with Crippen LogP contribution >= 0.6 is 0 Å². The van der Waals surface area contributed by atoms with Crippen LogP contribution in [0.1, 0.15) is 0 Å². The monoisotopic (exact) mass is 83.0 g/mol. The van der Waals surface area contributed by atoms with Crippen molar-refractivity contribution in [3.05, 3.63) is 6.92 Å². The Labute approximate surface area is 68.8 Å². The smallest absolute Gasteiger partial charge is 0.878 e. The van der Waals surface area contributed by atoms with Gasteiger partial charge in [0.15, 0.2) is 0 Å². The summed E-state index contributed by atoms with van der Waals surface area (Å²) in [5.41, 5.74) is 0. The van der Waals surface area contributed by atoms with Crippen molar-refractivity contribution in [3.8, 4) is 0 Å². The Morgan fingerprint density at radius 3 is 1.75 bits per heavy atom. The zero-order valence-electron chi connectivity index (χ0n) is 2.82. The third-order valence-corrected chi connectivity index (χ3v) is 0. The van der Waals surface area contributed by atoms with E-state index in [4.69, 9.17) is 5.11 Å². The number of hydrogen-bond acceptors (Lipinski definition) is 1. The predicted molar refractivity (Wildman–Crippen MR) is 10.2 cm³/mol. The van der Waals surface area contributed by atoms with E-state index in [1.807, 2.05) is 0 Å². The standard InChI is InChI=1S/C2H4O.K/c1-2-3;/h1-2H2;/q-2;+1. The first-order valence-corrected chi connectivity index (χ1v) is 0.789. The molecule has 0 fully saturated rings. The van der Waals surface area contributed by atoms with Crippen LogP contribution in [0.15, 0.2) is 0 Å². The van der Waals surface area contributed by atoms with E-state index < -0.39 is 0 Å². The summed E-state index contributed by atoms with van der Waals surface area (Å²) in [6, 6.07) is 0. The van der Waals surface area contributed by atoms with Gasteiger partial charge < -0.3 is 12.0 Å². The zero-order valence-corrected chi connectivity index (χ0v) is 5.95. The van der Waals surface area contributed by atoms with Crippen molar-refractivity contribution >= 4 is 0 Å². The maximum atomic E-state index is 8.82. The van der Waals surface area contributed by atoms with Crippen LogP contribution in [0.5, 0.6) is 0 Å². The van der Waals surface area contributed by atoms with E-state index in [9.17, 15) is 0 Å². The fraction of sp³-hybridized carbons (Fsp3) is 0.500. The largest absolute Gasteiger partial charge is 1.00 e. The summed E-state index contributed by atoms with van der Waals surface area (Å²) in [6.45, 7) is 2.68. The minimum atomic E-state index is -0.250. The Balaban J connectivity index is 0. The summed E-state index contributed by atoms with van der Waals surface area (Å²) in [4.78, 5) is 0. The third kappa shape index (κ3) is 9.51. The molecule has 2 heteroatoms. The molecule has 0 aromatic rings. The molecule has 0 atom stereocenters. The van der Waals surface area contributed by atoms with Gasteiger partial charge in [-0.3, -0.25) is 6.61 Å². The summed E-state index contributed by atoms with van der Waals surface area (Å²) >= 11 is 0. The maximum Gasteiger partial charge on any atom is 1.00 e. The second-order valence-corrected chi connectivity index (χ2v) is 0.204. The first kappa shape index (κ1) is 9.14. The van der Waals surface area contributed by atoms with Gasteiger partial charge in [0.1, 0.15) is 0 Å². The van der Waals surface area contributed by atoms with Crippen molar-refractivity contribution in [1.29, 1.82) is 0 Å². The Morgan fingerprint density at radius 2 is 1.75 bits per heavy atom. The van der Waals surface area contributed by atoms with E-state index in [2.05, 4.69) is 6.92 Å². The fourth-order valence-corrected chi connectivity index (χ4v) is 0. The summed E-state index contributed by atoms with van der Waals surface area (Å²) in [7, 11) is 0. The van der Waals surface area contributed by atoms with Gasteiger partial charge in [-0.05, 0) is 0 Å². The van der Waals surface area contributed by atoms with Crippen LogP contribution in [-0.4, -0.2) is 6.61 Å². The van der Waals surface area contributed by atoms with Gasteiger partial charge in [0.2, 0.25) is 0 Å². The Bertz CT molecular complexity index is 6.00. The maximum absolute atomic E-state index is 8.82. The molecular weight excluding hydrogens is 79.1 g/mol. The van der Waals surface area contributed by atoms with E-state index in [0.717, 1.165) is 0 Å². The zero-order chi connectivity index (χ0) is 2.71. The fourth-order valence-electron chi connectivity index (χ4n) is 0. The molecule has 1 nitrogen and oxygen atoms in total. The van der Waals surface area contributed by atoms with Gasteiger partial charge >= 0.3 is 51.4 Å². The Kier molecular flexibility index (Phi) is 20.2. The summed E-state index contributed by atoms with van der Waals surface area (Å²) < 4.78 is 0. The first-order chi connectivity index (χ1) is 1.41. The van der Waals surface area contributed by atoms with Gasteiger partial charge in [-0.2, -0.15) is 0 Å². The molecule has 0 rings (SSSR count). The molecule has 0 radical (unpaired) electrons. The summed E-state index contributed by atoms with van der Waals surface area (Å²) in [5.74, 6) is 0. The average Bonchev–Trinajstić information content (AvgIpc) is 0.918. The molecule has 20 valence electrons. The molecule has 0 saturated heterocycles. The minimum absolute atomic E-state index is 0.